The van der Waals surface area contributed by atoms with Crippen LogP contribution in [0, 0.1) is 0 Å². The van der Waals surface area contributed by atoms with Crippen molar-refractivity contribution in [1.82, 2.24) is 10.6 Å². The predicted octanol–water partition coefficient (Wildman–Crippen LogP) is 3.76. The van der Waals surface area contributed by atoms with Crippen molar-refractivity contribution in [2.45, 2.75) is 51.0 Å². The standard InChI is InChI=1S/C20H33N3O2.HI/c1-21-20(22-14-6-16-25-19-7-4-3-5-8-19)23-15-13-17-9-11-18(24-2)12-10-17;/h9-12,19H,3-8,13-16H2,1-2H3,(H2,21,22,23);1H. The van der Waals surface area contributed by atoms with E-state index in [2.05, 4.69) is 27.8 Å². The van der Waals surface area contributed by atoms with E-state index in [9.17, 15) is 0 Å². The fourth-order valence-corrected chi connectivity index (χ4v) is 3.10. The highest BCUT2D eigenvalue weighted by Gasteiger charge is 2.12. The van der Waals surface area contributed by atoms with Crippen LogP contribution < -0.4 is 15.4 Å². The van der Waals surface area contributed by atoms with Gasteiger partial charge in [0.05, 0.1) is 13.2 Å². The van der Waals surface area contributed by atoms with Crippen LogP contribution in [0.4, 0.5) is 0 Å². The summed E-state index contributed by atoms with van der Waals surface area (Å²) < 4.78 is 11.1. The Morgan fingerprint density at radius 2 is 1.77 bits per heavy atom. The molecular formula is C20H34IN3O2. The minimum absolute atomic E-state index is 0. The van der Waals surface area contributed by atoms with Crippen molar-refractivity contribution < 1.29 is 9.47 Å². The Balaban J connectivity index is 0.00000338. The van der Waals surface area contributed by atoms with Crippen LogP contribution >= 0.6 is 24.0 Å². The number of hydrogen-bond donors (Lipinski definition) is 2. The first-order valence-electron chi connectivity index (χ1n) is 9.51. The fraction of sp³-hybridized carbons (Fsp3) is 0.650. The number of benzene rings is 1. The molecule has 1 aromatic rings. The Hall–Kier alpha value is -1.02. The van der Waals surface area contributed by atoms with E-state index in [4.69, 9.17) is 9.47 Å². The van der Waals surface area contributed by atoms with Gasteiger partial charge in [-0.25, -0.2) is 0 Å². The number of aliphatic imine (C=N–C) groups is 1. The molecule has 0 amide bonds. The summed E-state index contributed by atoms with van der Waals surface area (Å²) in [6, 6.07) is 8.18. The van der Waals surface area contributed by atoms with E-state index < -0.39 is 0 Å². The molecule has 0 radical (unpaired) electrons. The van der Waals surface area contributed by atoms with Crippen LogP contribution in [0.15, 0.2) is 29.3 Å². The fourth-order valence-electron chi connectivity index (χ4n) is 3.10. The summed E-state index contributed by atoms with van der Waals surface area (Å²) in [6.45, 7) is 2.57. The smallest absolute Gasteiger partial charge is 0.190 e. The maximum atomic E-state index is 5.95. The first-order valence-corrected chi connectivity index (χ1v) is 9.51. The van der Waals surface area contributed by atoms with Crippen molar-refractivity contribution in [3.8, 4) is 5.75 Å². The van der Waals surface area contributed by atoms with E-state index in [1.54, 1.807) is 14.2 Å². The highest BCUT2D eigenvalue weighted by Crippen LogP contribution is 2.20. The molecule has 1 saturated carbocycles. The molecule has 1 aromatic carbocycles. The summed E-state index contributed by atoms with van der Waals surface area (Å²) in [5, 5.41) is 6.70. The molecule has 26 heavy (non-hydrogen) atoms. The molecule has 0 saturated heterocycles. The Bertz CT molecular complexity index is 502. The lowest BCUT2D eigenvalue weighted by molar-refractivity contribution is 0.0277. The zero-order valence-electron chi connectivity index (χ0n) is 16.1. The number of rotatable bonds is 9. The Kier molecular flexibility index (Phi) is 12.5. The largest absolute Gasteiger partial charge is 0.497 e. The summed E-state index contributed by atoms with van der Waals surface area (Å²) in [5.74, 6) is 1.75. The quantitative estimate of drug-likeness (QED) is 0.247. The third-order valence-electron chi connectivity index (χ3n) is 4.61. The maximum Gasteiger partial charge on any atom is 0.190 e. The van der Waals surface area contributed by atoms with Crippen LogP contribution in [0.1, 0.15) is 44.1 Å². The molecule has 0 atom stereocenters. The van der Waals surface area contributed by atoms with Gasteiger partial charge in [-0.1, -0.05) is 31.4 Å². The number of methoxy groups -OCH3 is 1. The predicted molar refractivity (Wildman–Crippen MR) is 119 cm³/mol. The number of hydrogen-bond acceptors (Lipinski definition) is 3. The van der Waals surface area contributed by atoms with Crippen LogP contribution in [0.3, 0.4) is 0 Å². The molecule has 5 nitrogen and oxygen atoms in total. The summed E-state index contributed by atoms with van der Waals surface area (Å²) in [5.41, 5.74) is 1.28. The molecule has 148 valence electrons. The average Bonchev–Trinajstić information content (AvgIpc) is 2.67. The van der Waals surface area contributed by atoms with Crippen molar-refractivity contribution in [1.29, 1.82) is 0 Å². The van der Waals surface area contributed by atoms with Gasteiger partial charge in [0, 0.05) is 26.7 Å². The van der Waals surface area contributed by atoms with Crippen molar-refractivity contribution in [2.75, 3.05) is 33.9 Å². The van der Waals surface area contributed by atoms with Crippen molar-refractivity contribution in [3.05, 3.63) is 29.8 Å². The average molecular weight is 475 g/mol. The Morgan fingerprint density at radius 3 is 2.42 bits per heavy atom. The summed E-state index contributed by atoms with van der Waals surface area (Å²) in [7, 11) is 3.49. The van der Waals surface area contributed by atoms with Gasteiger partial charge in [0.2, 0.25) is 0 Å². The monoisotopic (exact) mass is 475 g/mol. The van der Waals surface area contributed by atoms with Gasteiger partial charge in [-0.2, -0.15) is 0 Å². The molecule has 6 heteroatoms. The molecule has 0 aromatic heterocycles. The highest BCUT2D eigenvalue weighted by molar-refractivity contribution is 14.0. The van der Waals surface area contributed by atoms with Gasteiger partial charge >= 0.3 is 0 Å². The lowest BCUT2D eigenvalue weighted by atomic mass is 9.98. The van der Waals surface area contributed by atoms with E-state index in [1.807, 2.05) is 12.1 Å². The topological polar surface area (TPSA) is 54.9 Å². The molecule has 0 heterocycles. The zero-order valence-corrected chi connectivity index (χ0v) is 18.5. The van der Waals surface area contributed by atoms with E-state index in [0.29, 0.717) is 6.10 Å². The van der Waals surface area contributed by atoms with Gasteiger partial charge in [0.1, 0.15) is 5.75 Å². The van der Waals surface area contributed by atoms with Gasteiger partial charge in [0.25, 0.3) is 0 Å². The molecular weight excluding hydrogens is 441 g/mol. The number of nitrogens with one attached hydrogen (secondary N) is 2. The molecule has 2 N–H and O–H groups in total. The molecule has 0 spiro atoms. The molecule has 0 aliphatic heterocycles. The Labute approximate surface area is 175 Å². The van der Waals surface area contributed by atoms with Crippen molar-refractivity contribution >= 4 is 29.9 Å². The van der Waals surface area contributed by atoms with Crippen LogP contribution in [-0.2, 0) is 11.2 Å². The number of ether oxygens (including phenoxy) is 2. The number of guanidine groups is 1. The second-order valence-electron chi connectivity index (χ2n) is 6.51. The summed E-state index contributed by atoms with van der Waals surface area (Å²) in [4.78, 5) is 4.27. The van der Waals surface area contributed by atoms with Gasteiger partial charge in [-0.15, -0.1) is 24.0 Å². The normalized spacial score (nSPS) is 15.2. The third-order valence-corrected chi connectivity index (χ3v) is 4.61. The first kappa shape index (κ1) is 23.0. The third kappa shape index (κ3) is 9.07. The molecule has 1 fully saturated rings. The minimum Gasteiger partial charge on any atom is -0.497 e. The van der Waals surface area contributed by atoms with Gasteiger partial charge < -0.3 is 20.1 Å². The van der Waals surface area contributed by atoms with Gasteiger partial charge in [-0.05, 0) is 43.4 Å². The lowest BCUT2D eigenvalue weighted by Crippen LogP contribution is -2.39. The minimum atomic E-state index is 0. The summed E-state index contributed by atoms with van der Waals surface area (Å²) in [6.07, 6.45) is 8.96. The van der Waals surface area contributed by atoms with Gasteiger partial charge in [0.15, 0.2) is 5.96 Å². The second kappa shape index (κ2) is 14.1. The lowest BCUT2D eigenvalue weighted by Gasteiger charge is -2.22. The maximum absolute atomic E-state index is 5.95. The molecule has 1 aliphatic carbocycles. The van der Waals surface area contributed by atoms with Crippen LogP contribution in [0.2, 0.25) is 0 Å². The number of nitrogens with zero attached hydrogens (tertiary/aromatic N) is 1. The SMILES string of the molecule is CN=C(NCCCOC1CCCCC1)NCCc1ccc(OC)cc1.I. The van der Waals surface area contributed by atoms with Crippen molar-refractivity contribution in [2.24, 2.45) is 4.99 Å². The van der Waals surface area contributed by atoms with E-state index in [1.165, 1.54) is 37.7 Å². The zero-order chi connectivity index (χ0) is 17.7. The van der Waals surface area contributed by atoms with Gasteiger partial charge in [-0.3, -0.25) is 4.99 Å². The van der Waals surface area contributed by atoms with E-state index in [0.717, 1.165) is 44.2 Å². The van der Waals surface area contributed by atoms with Crippen LogP contribution in [0.25, 0.3) is 0 Å². The summed E-state index contributed by atoms with van der Waals surface area (Å²) >= 11 is 0. The Morgan fingerprint density at radius 1 is 1.08 bits per heavy atom. The molecule has 0 unspecified atom stereocenters. The highest BCUT2D eigenvalue weighted by atomic mass is 127. The van der Waals surface area contributed by atoms with Crippen LogP contribution in [0.5, 0.6) is 5.75 Å². The molecule has 2 rings (SSSR count). The van der Waals surface area contributed by atoms with E-state index in [-0.39, 0.29) is 24.0 Å². The molecule has 1 aliphatic rings. The first-order chi connectivity index (χ1) is 12.3. The molecule has 0 bridgehead atoms. The van der Waals surface area contributed by atoms with E-state index >= 15 is 0 Å². The van der Waals surface area contributed by atoms with Crippen molar-refractivity contribution in [3.63, 3.8) is 0 Å². The second-order valence-corrected chi connectivity index (χ2v) is 6.51. The van der Waals surface area contributed by atoms with Crippen LogP contribution in [-0.4, -0.2) is 45.9 Å². The number of halogens is 1.